The Bertz CT molecular complexity index is 744. The van der Waals surface area contributed by atoms with E-state index in [2.05, 4.69) is 48.2 Å². The van der Waals surface area contributed by atoms with E-state index in [0.717, 1.165) is 36.3 Å². The highest BCUT2D eigenvalue weighted by molar-refractivity contribution is 5.39. The van der Waals surface area contributed by atoms with Crippen LogP contribution in [0.4, 0.5) is 0 Å². The van der Waals surface area contributed by atoms with Gasteiger partial charge in [0, 0.05) is 18.6 Å². The number of aryl methyl sites for hydroxylation is 1. The van der Waals surface area contributed by atoms with Gasteiger partial charge in [-0.3, -0.25) is 4.90 Å². The average molecular weight is 351 g/mol. The lowest BCUT2D eigenvalue weighted by Crippen LogP contribution is -2.56. The molecule has 2 unspecified atom stereocenters. The first kappa shape index (κ1) is 17.6. The lowest BCUT2D eigenvalue weighted by Gasteiger charge is -2.52. The minimum atomic E-state index is -0.748. The molecule has 2 aliphatic heterocycles. The Morgan fingerprint density at radius 1 is 1.08 bits per heavy atom. The number of hydrogen-bond acceptors (Lipinski definition) is 3. The molecule has 0 aliphatic carbocycles. The van der Waals surface area contributed by atoms with Gasteiger partial charge < -0.3 is 9.84 Å². The van der Waals surface area contributed by atoms with E-state index in [1.54, 1.807) is 7.11 Å². The molecule has 0 radical (unpaired) electrons. The van der Waals surface area contributed by atoms with E-state index in [1.807, 2.05) is 12.1 Å². The molecule has 4 rings (SSSR count). The molecule has 0 spiro atoms. The summed E-state index contributed by atoms with van der Waals surface area (Å²) in [6, 6.07) is 17.7. The van der Waals surface area contributed by atoms with Gasteiger partial charge in [-0.25, -0.2) is 0 Å². The van der Waals surface area contributed by atoms with Crippen LogP contribution in [-0.4, -0.2) is 29.2 Å². The number of piperidine rings is 2. The number of ether oxygens (including phenoxy) is 1. The molecule has 0 aromatic heterocycles. The largest absolute Gasteiger partial charge is 0.497 e. The first-order valence-corrected chi connectivity index (χ1v) is 9.76. The number of hydrogen-bond donors (Lipinski definition) is 1. The van der Waals surface area contributed by atoms with Crippen molar-refractivity contribution >= 4 is 0 Å². The molecule has 138 valence electrons. The summed E-state index contributed by atoms with van der Waals surface area (Å²) in [5.74, 6) is 0.830. The van der Waals surface area contributed by atoms with Crippen LogP contribution in [0.3, 0.4) is 0 Å². The molecule has 2 aromatic rings. The summed E-state index contributed by atoms with van der Waals surface area (Å²) in [4.78, 5) is 2.64. The van der Waals surface area contributed by atoms with E-state index in [9.17, 15) is 5.11 Å². The van der Waals surface area contributed by atoms with Gasteiger partial charge in [0.2, 0.25) is 0 Å². The molecule has 2 aromatic carbocycles. The molecule has 3 heteroatoms. The summed E-state index contributed by atoms with van der Waals surface area (Å²) in [6.07, 6.45) is 5.24. The van der Waals surface area contributed by atoms with Gasteiger partial charge in [-0.15, -0.1) is 0 Å². The Morgan fingerprint density at radius 3 is 2.42 bits per heavy atom. The van der Waals surface area contributed by atoms with Gasteiger partial charge in [-0.2, -0.15) is 0 Å². The predicted octanol–water partition coefficient (Wildman–Crippen LogP) is 4.41. The minimum Gasteiger partial charge on any atom is -0.497 e. The second-order valence-corrected chi connectivity index (χ2v) is 8.02. The van der Waals surface area contributed by atoms with Crippen molar-refractivity contribution in [1.82, 2.24) is 4.90 Å². The van der Waals surface area contributed by atoms with Crippen molar-refractivity contribution in [1.29, 1.82) is 0 Å². The molecule has 0 amide bonds. The van der Waals surface area contributed by atoms with Crippen LogP contribution in [-0.2, 0) is 12.1 Å². The monoisotopic (exact) mass is 351 g/mol. The summed E-state index contributed by atoms with van der Waals surface area (Å²) < 4.78 is 5.42. The fourth-order valence-corrected chi connectivity index (χ4v) is 5.02. The zero-order valence-corrected chi connectivity index (χ0v) is 15.8. The number of nitrogens with zero attached hydrogens (tertiary/aromatic N) is 1. The molecule has 2 atom stereocenters. The van der Waals surface area contributed by atoms with Crippen molar-refractivity contribution in [2.24, 2.45) is 0 Å². The van der Waals surface area contributed by atoms with Crippen molar-refractivity contribution in [3.63, 3.8) is 0 Å². The number of rotatable bonds is 4. The Balaban J connectivity index is 1.61. The van der Waals surface area contributed by atoms with E-state index < -0.39 is 5.60 Å². The van der Waals surface area contributed by atoms with Gasteiger partial charge in [-0.05, 0) is 61.4 Å². The van der Waals surface area contributed by atoms with Crippen molar-refractivity contribution in [3.8, 4) is 5.75 Å². The standard InChI is InChI=1S/C23H29NO2/c1-17-11-12-21(26-2)13-22(17)23(25)14-19-9-6-10-20(15-23)24(19)16-18-7-4-3-5-8-18/h3-5,7-8,11-13,19-20,25H,6,9-10,14-16H2,1-2H3. The summed E-state index contributed by atoms with van der Waals surface area (Å²) in [5, 5.41) is 11.7. The highest BCUT2D eigenvalue weighted by Crippen LogP contribution is 2.46. The maximum atomic E-state index is 11.7. The van der Waals surface area contributed by atoms with Gasteiger partial charge in [0.1, 0.15) is 5.75 Å². The van der Waals surface area contributed by atoms with Crippen molar-refractivity contribution in [3.05, 3.63) is 65.2 Å². The molecular weight excluding hydrogens is 322 g/mol. The highest BCUT2D eigenvalue weighted by Gasteiger charge is 2.46. The number of methoxy groups -OCH3 is 1. The van der Waals surface area contributed by atoms with Crippen LogP contribution in [0.15, 0.2) is 48.5 Å². The zero-order valence-electron chi connectivity index (χ0n) is 15.8. The van der Waals surface area contributed by atoms with Gasteiger partial charge in [0.25, 0.3) is 0 Å². The van der Waals surface area contributed by atoms with E-state index >= 15 is 0 Å². The number of fused-ring (bicyclic) bond motifs is 2. The normalized spacial score (nSPS) is 28.7. The molecule has 1 N–H and O–H groups in total. The first-order valence-electron chi connectivity index (χ1n) is 9.76. The van der Waals surface area contributed by atoms with Crippen LogP contribution in [0.5, 0.6) is 5.75 Å². The van der Waals surface area contributed by atoms with Crippen LogP contribution < -0.4 is 4.74 Å². The lowest BCUT2D eigenvalue weighted by atomic mass is 9.71. The minimum absolute atomic E-state index is 0.443. The third-order valence-corrected chi connectivity index (χ3v) is 6.31. The maximum absolute atomic E-state index is 11.7. The van der Waals surface area contributed by atoms with Gasteiger partial charge in [0.15, 0.2) is 0 Å². The second-order valence-electron chi connectivity index (χ2n) is 8.02. The number of benzene rings is 2. The lowest BCUT2D eigenvalue weighted by molar-refractivity contribution is -0.100. The Labute approximate surface area is 156 Å². The molecule has 2 aliphatic rings. The smallest absolute Gasteiger partial charge is 0.119 e. The molecule has 3 nitrogen and oxygen atoms in total. The van der Waals surface area contributed by atoms with Crippen molar-refractivity contribution in [2.45, 2.75) is 63.3 Å². The van der Waals surface area contributed by atoms with Crippen molar-refractivity contribution < 1.29 is 9.84 Å². The molecule has 0 saturated carbocycles. The van der Waals surface area contributed by atoms with Crippen LogP contribution in [0.1, 0.15) is 48.8 Å². The molecular formula is C23H29NO2. The Hall–Kier alpha value is -1.84. The number of aliphatic hydroxyl groups is 1. The highest BCUT2D eigenvalue weighted by atomic mass is 16.5. The SMILES string of the molecule is COc1ccc(C)c(C2(O)CC3CCCC(C2)N3Cc2ccccc2)c1. The van der Waals surface area contributed by atoms with Gasteiger partial charge in [0.05, 0.1) is 12.7 Å². The summed E-state index contributed by atoms with van der Waals surface area (Å²) >= 11 is 0. The van der Waals surface area contributed by atoms with Gasteiger partial charge in [-0.1, -0.05) is 42.8 Å². The zero-order chi connectivity index (χ0) is 18.1. The Morgan fingerprint density at radius 2 is 1.77 bits per heavy atom. The van der Waals surface area contributed by atoms with Crippen LogP contribution in [0.25, 0.3) is 0 Å². The average Bonchev–Trinajstić information content (AvgIpc) is 2.64. The Kier molecular flexibility index (Phi) is 4.76. The summed E-state index contributed by atoms with van der Waals surface area (Å²) in [6.45, 7) is 3.09. The summed E-state index contributed by atoms with van der Waals surface area (Å²) in [5.41, 5.74) is 2.82. The fourth-order valence-electron chi connectivity index (χ4n) is 5.02. The molecule has 2 heterocycles. The van der Waals surface area contributed by atoms with Crippen LogP contribution in [0.2, 0.25) is 0 Å². The quantitative estimate of drug-likeness (QED) is 0.886. The predicted molar refractivity (Wildman–Crippen MR) is 104 cm³/mol. The second kappa shape index (κ2) is 7.05. The molecule has 2 bridgehead atoms. The van der Waals surface area contributed by atoms with Crippen LogP contribution >= 0.6 is 0 Å². The van der Waals surface area contributed by atoms with Gasteiger partial charge >= 0.3 is 0 Å². The van der Waals surface area contributed by atoms with E-state index in [1.165, 1.54) is 24.8 Å². The van der Waals surface area contributed by atoms with E-state index in [4.69, 9.17) is 4.74 Å². The van der Waals surface area contributed by atoms with Crippen molar-refractivity contribution in [2.75, 3.05) is 7.11 Å². The first-order chi connectivity index (χ1) is 12.6. The third-order valence-electron chi connectivity index (χ3n) is 6.31. The maximum Gasteiger partial charge on any atom is 0.119 e. The molecule has 2 saturated heterocycles. The molecule has 2 fully saturated rings. The third kappa shape index (κ3) is 3.26. The topological polar surface area (TPSA) is 32.7 Å². The summed E-state index contributed by atoms with van der Waals surface area (Å²) in [7, 11) is 1.69. The van der Waals surface area contributed by atoms with Crippen LogP contribution in [0, 0.1) is 6.92 Å². The van der Waals surface area contributed by atoms with E-state index in [0.29, 0.717) is 12.1 Å². The molecule has 26 heavy (non-hydrogen) atoms. The van der Waals surface area contributed by atoms with E-state index in [-0.39, 0.29) is 0 Å². The fraction of sp³-hybridized carbons (Fsp3) is 0.478.